The van der Waals surface area contributed by atoms with Crippen LogP contribution in [0.3, 0.4) is 0 Å². The normalized spacial score (nSPS) is 32.6. The van der Waals surface area contributed by atoms with E-state index in [1.54, 1.807) is 11.1 Å². The number of H-pyrrole nitrogens is 1. The standard InChI is InChI=1S/C25H31N7O3/c1-30-4-6-31(7-5-30)24(34)23(33)28-22-18-13-27-21-17(2-3-26-21)20(18)32(29-22)19-15-8-14-9-16(19)12-25(35,10-14)11-15/h2-3,13-16,19,35H,4-12H2,1H3,(H,26,27)(H,28,29,33)/t14?,15-,16+,19+,25-. The Bertz CT molecular complexity index is 1320. The average Bonchev–Trinajstić information content (AvgIpc) is 3.42. The van der Waals surface area contributed by atoms with Crippen molar-refractivity contribution in [3.05, 3.63) is 18.5 Å². The van der Waals surface area contributed by atoms with E-state index in [-0.39, 0.29) is 6.04 Å². The number of nitrogens with one attached hydrogen (secondary N) is 2. The van der Waals surface area contributed by atoms with Crippen molar-refractivity contribution < 1.29 is 14.7 Å². The van der Waals surface area contributed by atoms with Gasteiger partial charge in [-0.1, -0.05) is 0 Å². The van der Waals surface area contributed by atoms with Crippen LogP contribution in [0, 0.1) is 17.8 Å². The molecule has 4 heterocycles. The summed E-state index contributed by atoms with van der Waals surface area (Å²) in [7, 11) is 2.01. The lowest BCUT2D eigenvalue weighted by atomic mass is 9.52. The number of aromatic nitrogens is 4. The van der Waals surface area contributed by atoms with Crippen molar-refractivity contribution in [2.75, 3.05) is 38.5 Å². The molecule has 5 aliphatic rings. The van der Waals surface area contributed by atoms with Crippen LogP contribution in [0.2, 0.25) is 0 Å². The van der Waals surface area contributed by atoms with Crippen LogP contribution in [-0.4, -0.2) is 85.3 Å². The molecule has 8 rings (SSSR count). The fraction of sp³-hybridized carbons (Fsp3) is 0.600. The van der Waals surface area contributed by atoms with E-state index in [9.17, 15) is 14.7 Å². The first kappa shape index (κ1) is 21.3. The second kappa shape index (κ2) is 7.51. The van der Waals surface area contributed by atoms with Crippen LogP contribution in [0.15, 0.2) is 18.5 Å². The van der Waals surface area contributed by atoms with Crippen molar-refractivity contribution in [1.29, 1.82) is 0 Å². The predicted molar refractivity (Wildman–Crippen MR) is 130 cm³/mol. The molecule has 5 fully saturated rings. The topological polar surface area (TPSA) is 119 Å². The average molecular weight is 478 g/mol. The molecule has 1 aliphatic heterocycles. The van der Waals surface area contributed by atoms with E-state index in [0.29, 0.717) is 36.7 Å². The molecule has 35 heavy (non-hydrogen) atoms. The number of aromatic amines is 1. The van der Waals surface area contributed by atoms with E-state index in [4.69, 9.17) is 5.10 Å². The van der Waals surface area contributed by atoms with Gasteiger partial charge in [-0.15, -0.1) is 0 Å². The first-order valence-electron chi connectivity index (χ1n) is 12.7. The molecule has 10 nitrogen and oxygen atoms in total. The Morgan fingerprint density at radius 2 is 1.86 bits per heavy atom. The summed E-state index contributed by atoms with van der Waals surface area (Å²) in [5.74, 6) is 0.502. The molecular weight excluding hydrogens is 446 g/mol. The molecule has 3 aromatic heterocycles. The van der Waals surface area contributed by atoms with Crippen LogP contribution in [0.4, 0.5) is 5.82 Å². The fourth-order valence-corrected chi connectivity index (χ4v) is 7.60. The van der Waals surface area contributed by atoms with E-state index >= 15 is 0 Å². The molecule has 4 saturated carbocycles. The number of nitrogens with zero attached hydrogens (tertiary/aromatic N) is 5. The van der Waals surface area contributed by atoms with E-state index in [2.05, 4.69) is 24.9 Å². The number of pyridine rings is 1. The first-order chi connectivity index (χ1) is 16.9. The molecule has 4 aliphatic carbocycles. The number of carbonyl (C=O) groups excluding carboxylic acids is 2. The minimum absolute atomic E-state index is 0.161. The Balaban J connectivity index is 1.27. The smallest absolute Gasteiger partial charge is 0.315 e. The quantitative estimate of drug-likeness (QED) is 0.484. The molecule has 2 amide bonds. The number of rotatable bonds is 2. The predicted octanol–water partition coefficient (Wildman–Crippen LogP) is 1.74. The van der Waals surface area contributed by atoms with Crippen LogP contribution in [0.1, 0.15) is 38.1 Å². The summed E-state index contributed by atoms with van der Waals surface area (Å²) in [6.07, 6.45) is 8.34. The first-order valence-corrected chi connectivity index (χ1v) is 12.7. The van der Waals surface area contributed by atoms with E-state index in [1.807, 2.05) is 19.3 Å². The van der Waals surface area contributed by atoms with Gasteiger partial charge in [0.05, 0.1) is 22.5 Å². The van der Waals surface area contributed by atoms with Crippen molar-refractivity contribution >= 4 is 39.6 Å². The molecule has 1 unspecified atom stereocenters. The lowest BCUT2D eigenvalue weighted by molar-refractivity contribution is -0.148. The second-order valence-electron chi connectivity index (χ2n) is 11.3. The molecule has 3 aromatic rings. The number of likely N-dealkylation sites (N-methyl/N-ethyl adjacent to an activating group) is 1. The van der Waals surface area contributed by atoms with Crippen LogP contribution >= 0.6 is 0 Å². The Morgan fingerprint density at radius 1 is 1.11 bits per heavy atom. The fourth-order valence-electron chi connectivity index (χ4n) is 7.60. The minimum atomic E-state index is -0.658. The van der Waals surface area contributed by atoms with Crippen LogP contribution in [0.25, 0.3) is 21.9 Å². The Labute approximate surface area is 202 Å². The Hall–Kier alpha value is -2.98. The van der Waals surface area contributed by atoms with E-state index in [1.165, 1.54) is 0 Å². The molecule has 0 radical (unpaired) electrons. The highest BCUT2D eigenvalue weighted by atomic mass is 16.3. The molecule has 1 saturated heterocycles. The van der Waals surface area contributed by atoms with Gasteiger partial charge in [-0.3, -0.25) is 14.3 Å². The highest BCUT2D eigenvalue weighted by molar-refractivity contribution is 6.40. The maximum Gasteiger partial charge on any atom is 0.315 e. The van der Waals surface area contributed by atoms with Crippen LogP contribution < -0.4 is 5.32 Å². The number of hydrogen-bond acceptors (Lipinski definition) is 6. The summed E-state index contributed by atoms with van der Waals surface area (Å²) in [6.45, 7) is 2.59. The second-order valence-corrected chi connectivity index (χ2v) is 11.3. The van der Waals surface area contributed by atoms with Gasteiger partial charge in [0.15, 0.2) is 5.82 Å². The number of fused-ring (bicyclic) bond motifs is 3. The largest absolute Gasteiger partial charge is 0.390 e. The monoisotopic (exact) mass is 477 g/mol. The highest BCUT2D eigenvalue weighted by Gasteiger charge is 2.56. The van der Waals surface area contributed by atoms with Gasteiger partial charge >= 0.3 is 11.8 Å². The summed E-state index contributed by atoms with van der Waals surface area (Å²) in [5.41, 5.74) is 1.17. The number of piperazine rings is 1. The van der Waals surface area contributed by atoms with Gasteiger partial charge < -0.3 is 25.2 Å². The van der Waals surface area contributed by atoms with Gasteiger partial charge in [-0.2, -0.15) is 5.10 Å². The lowest BCUT2D eigenvalue weighted by Crippen LogP contribution is -2.55. The van der Waals surface area contributed by atoms with Crippen molar-refractivity contribution in [2.45, 2.75) is 43.7 Å². The van der Waals surface area contributed by atoms with Crippen molar-refractivity contribution in [3.63, 3.8) is 0 Å². The van der Waals surface area contributed by atoms with E-state index in [0.717, 1.165) is 67.1 Å². The summed E-state index contributed by atoms with van der Waals surface area (Å²) in [6, 6.07) is 2.15. The molecule has 10 heteroatoms. The molecule has 0 aromatic carbocycles. The summed E-state index contributed by atoms with van der Waals surface area (Å²) < 4.78 is 2.08. The number of aliphatic hydroxyl groups is 1. The molecule has 0 spiro atoms. The third-order valence-electron chi connectivity index (χ3n) is 8.94. The zero-order chi connectivity index (χ0) is 23.9. The molecule has 184 valence electrons. The summed E-state index contributed by atoms with van der Waals surface area (Å²) >= 11 is 0. The van der Waals surface area contributed by atoms with Crippen LogP contribution in [0.5, 0.6) is 0 Å². The third kappa shape index (κ3) is 3.30. The molecule has 5 atom stereocenters. The summed E-state index contributed by atoms with van der Waals surface area (Å²) in [4.78, 5) is 37.3. The summed E-state index contributed by atoms with van der Waals surface area (Å²) in [5, 5.41) is 20.6. The SMILES string of the molecule is CN1CCN(C(=O)C(=O)Nc2nn([C@H]3[C@@H]4CC5C[C@H]3C[C@@](O)(C5)C4)c3c2cnc2[nH]ccc23)CC1. The van der Waals surface area contributed by atoms with E-state index < -0.39 is 17.4 Å². The van der Waals surface area contributed by atoms with Crippen molar-refractivity contribution in [1.82, 2.24) is 29.5 Å². The van der Waals surface area contributed by atoms with Gasteiger partial charge in [0, 0.05) is 44.0 Å². The number of carbonyl (C=O) groups is 2. The minimum Gasteiger partial charge on any atom is -0.390 e. The third-order valence-corrected chi connectivity index (χ3v) is 8.94. The van der Waals surface area contributed by atoms with Gasteiger partial charge in [0.1, 0.15) is 5.65 Å². The Morgan fingerprint density at radius 3 is 2.57 bits per heavy atom. The zero-order valence-corrected chi connectivity index (χ0v) is 19.9. The molecule has 4 bridgehead atoms. The lowest BCUT2D eigenvalue weighted by Gasteiger charge is -2.57. The highest BCUT2D eigenvalue weighted by Crippen LogP contribution is 2.60. The van der Waals surface area contributed by atoms with Gasteiger partial charge in [-0.05, 0) is 63.0 Å². The molecular formula is C25H31N7O3. The zero-order valence-electron chi connectivity index (χ0n) is 19.9. The van der Waals surface area contributed by atoms with Crippen LogP contribution in [-0.2, 0) is 9.59 Å². The van der Waals surface area contributed by atoms with Gasteiger partial charge in [-0.25, -0.2) is 4.98 Å². The number of hydrogen-bond donors (Lipinski definition) is 3. The van der Waals surface area contributed by atoms with Crippen molar-refractivity contribution in [2.24, 2.45) is 17.8 Å². The maximum absolute atomic E-state index is 13.0. The number of amides is 2. The van der Waals surface area contributed by atoms with Gasteiger partial charge in [0.25, 0.3) is 0 Å². The van der Waals surface area contributed by atoms with Gasteiger partial charge in [0.2, 0.25) is 0 Å². The Kier molecular flexibility index (Phi) is 4.57. The van der Waals surface area contributed by atoms with Crippen molar-refractivity contribution in [3.8, 4) is 0 Å². The molecule has 3 N–H and O–H groups in total. The maximum atomic E-state index is 13.0. The number of anilines is 1.